The van der Waals surface area contributed by atoms with Crippen molar-refractivity contribution in [3.05, 3.63) is 11.8 Å². The van der Waals surface area contributed by atoms with Crippen molar-refractivity contribution in [1.82, 2.24) is 9.80 Å². The molecule has 0 aromatic heterocycles. The number of ketones is 1. The Kier molecular flexibility index (Phi) is 3.00. The maximum absolute atomic E-state index is 11.6. The quantitative estimate of drug-likeness (QED) is 0.587. The van der Waals surface area contributed by atoms with E-state index in [9.17, 15) is 4.79 Å². The smallest absolute Gasteiger partial charge is 0.175 e. The summed E-state index contributed by atoms with van der Waals surface area (Å²) in [7, 11) is 3.89. The van der Waals surface area contributed by atoms with E-state index in [4.69, 9.17) is 0 Å². The van der Waals surface area contributed by atoms with E-state index in [2.05, 4.69) is 25.7 Å². The molecule has 1 aliphatic heterocycles. The van der Waals surface area contributed by atoms with Gasteiger partial charge in [0.05, 0.1) is 6.54 Å². The first-order valence-corrected chi connectivity index (χ1v) is 4.96. The zero-order chi connectivity index (χ0) is 10.9. The Labute approximate surface area is 86.4 Å². The maximum atomic E-state index is 11.6. The van der Waals surface area contributed by atoms with Crippen LogP contribution in [0.5, 0.6) is 0 Å². The monoisotopic (exact) mass is 196 g/mol. The second-order valence-electron chi connectivity index (χ2n) is 5.07. The average molecular weight is 196 g/mol. The predicted molar refractivity (Wildman–Crippen MR) is 58.1 cm³/mol. The van der Waals surface area contributed by atoms with Gasteiger partial charge < -0.3 is 4.90 Å². The van der Waals surface area contributed by atoms with E-state index in [0.29, 0.717) is 6.54 Å². The highest BCUT2D eigenvalue weighted by molar-refractivity contribution is 5.99. The molecule has 0 spiro atoms. The Hall–Kier alpha value is -0.830. The Morgan fingerprint density at radius 2 is 1.86 bits per heavy atom. The first-order valence-electron chi connectivity index (χ1n) is 4.96. The van der Waals surface area contributed by atoms with Crippen molar-refractivity contribution in [2.24, 2.45) is 0 Å². The third kappa shape index (κ3) is 2.58. The zero-order valence-electron chi connectivity index (χ0n) is 9.79. The van der Waals surface area contributed by atoms with Crippen LogP contribution >= 0.6 is 0 Å². The molecular formula is C11H20N2O. The van der Waals surface area contributed by atoms with Gasteiger partial charge in [-0.2, -0.15) is 0 Å². The molecular weight excluding hydrogens is 176 g/mol. The fraction of sp³-hybridized carbons (Fsp3) is 0.727. The van der Waals surface area contributed by atoms with Gasteiger partial charge in [-0.05, 0) is 20.8 Å². The van der Waals surface area contributed by atoms with Crippen molar-refractivity contribution < 1.29 is 4.79 Å². The molecule has 1 aliphatic rings. The first kappa shape index (κ1) is 11.2. The number of carbonyl (C=O) groups excluding carboxylic acids is 1. The highest BCUT2D eigenvalue weighted by atomic mass is 16.1. The first-order chi connectivity index (χ1) is 6.30. The van der Waals surface area contributed by atoms with Gasteiger partial charge >= 0.3 is 0 Å². The van der Waals surface area contributed by atoms with Gasteiger partial charge in [0, 0.05) is 38.0 Å². The van der Waals surface area contributed by atoms with Crippen LogP contribution < -0.4 is 0 Å². The SMILES string of the molecule is CN(C)C=C1CN(C(C)(C)C)CC1=O. The van der Waals surface area contributed by atoms with Crippen molar-refractivity contribution in [3.63, 3.8) is 0 Å². The highest BCUT2D eigenvalue weighted by Gasteiger charge is 2.32. The van der Waals surface area contributed by atoms with Crippen molar-refractivity contribution in [2.75, 3.05) is 27.2 Å². The Bertz CT molecular complexity index is 261. The second kappa shape index (κ2) is 3.73. The van der Waals surface area contributed by atoms with Gasteiger partial charge in [-0.3, -0.25) is 9.69 Å². The predicted octanol–water partition coefficient (Wildman–Crippen LogP) is 1.12. The van der Waals surface area contributed by atoms with Gasteiger partial charge in [0.2, 0.25) is 0 Å². The van der Waals surface area contributed by atoms with Crippen LogP contribution in [0, 0.1) is 0 Å². The Morgan fingerprint density at radius 3 is 2.21 bits per heavy atom. The molecule has 1 rings (SSSR count). The fourth-order valence-corrected chi connectivity index (χ4v) is 1.52. The number of hydrogen-bond acceptors (Lipinski definition) is 3. The molecule has 3 nitrogen and oxygen atoms in total. The molecule has 0 unspecified atom stereocenters. The third-order valence-corrected chi connectivity index (χ3v) is 2.42. The largest absolute Gasteiger partial charge is 0.383 e. The van der Waals surface area contributed by atoms with Crippen molar-refractivity contribution in [1.29, 1.82) is 0 Å². The molecule has 1 saturated heterocycles. The molecule has 0 aromatic carbocycles. The van der Waals surface area contributed by atoms with Crippen molar-refractivity contribution in [3.8, 4) is 0 Å². The molecule has 80 valence electrons. The molecule has 14 heavy (non-hydrogen) atoms. The topological polar surface area (TPSA) is 23.6 Å². The lowest BCUT2D eigenvalue weighted by Crippen LogP contribution is -2.39. The van der Waals surface area contributed by atoms with Crippen LogP contribution in [0.4, 0.5) is 0 Å². The normalized spacial score (nSPS) is 22.1. The minimum atomic E-state index is 0.0809. The van der Waals surface area contributed by atoms with Crippen LogP contribution in [0.1, 0.15) is 20.8 Å². The van der Waals surface area contributed by atoms with Crippen LogP contribution in [0.2, 0.25) is 0 Å². The molecule has 0 N–H and O–H groups in total. The van der Waals surface area contributed by atoms with Gasteiger partial charge in [-0.25, -0.2) is 0 Å². The number of hydrogen-bond donors (Lipinski definition) is 0. The van der Waals surface area contributed by atoms with Crippen LogP contribution in [-0.2, 0) is 4.79 Å². The molecule has 0 saturated carbocycles. The fourth-order valence-electron chi connectivity index (χ4n) is 1.52. The van der Waals surface area contributed by atoms with E-state index in [-0.39, 0.29) is 11.3 Å². The number of likely N-dealkylation sites (tertiary alicyclic amines) is 1. The Balaban J connectivity index is 2.75. The molecule has 0 amide bonds. The van der Waals surface area contributed by atoms with Crippen LogP contribution in [0.3, 0.4) is 0 Å². The van der Waals surface area contributed by atoms with Gasteiger partial charge in [0.15, 0.2) is 5.78 Å². The minimum Gasteiger partial charge on any atom is -0.383 e. The average Bonchev–Trinajstić information content (AvgIpc) is 2.30. The summed E-state index contributed by atoms with van der Waals surface area (Å²) in [6.07, 6.45) is 1.92. The van der Waals surface area contributed by atoms with Gasteiger partial charge in [-0.15, -0.1) is 0 Å². The van der Waals surface area contributed by atoms with Crippen LogP contribution in [0.15, 0.2) is 11.8 Å². The van der Waals surface area contributed by atoms with E-state index < -0.39 is 0 Å². The number of carbonyl (C=O) groups is 1. The lowest BCUT2D eigenvalue weighted by molar-refractivity contribution is -0.115. The summed E-state index contributed by atoms with van der Waals surface area (Å²) in [5.74, 6) is 0.258. The summed E-state index contributed by atoms with van der Waals surface area (Å²) in [5, 5.41) is 0. The number of nitrogens with zero attached hydrogens (tertiary/aromatic N) is 2. The van der Waals surface area contributed by atoms with E-state index >= 15 is 0 Å². The standard InChI is InChI=1S/C11H20N2O/c1-11(2,3)13-7-9(6-12(4)5)10(14)8-13/h6H,7-8H2,1-5H3. The number of Topliss-reactive ketones (excluding diaryl/α,β-unsaturated/α-hetero) is 1. The van der Waals surface area contributed by atoms with Gasteiger partial charge in [0.1, 0.15) is 0 Å². The van der Waals surface area contributed by atoms with Gasteiger partial charge in [0.25, 0.3) is 0 Å². The summed E-state index contributed by atoms with van der Waals surface area (Å²) < 4.78 is 0. The lowest BCUT2D eigenvalue weighted by Gasteiger charge is -2.30. The van der Waals surface area contributed by atoms with Crippen molar-refractivity contribution >= 4 is 5.78 Å². The summed E-state index contributed by atoms with van der Waals surface area (Å²) >= 11 is 0. The van der Waals surface area contributed by atoms with Crippen LogP contribution in [-0.4, -0.2) is 48.3 Å². The minimum absolute atomic E-state index is 0.0809. The summed E-state index contributed by atoms with van der Waals surface area (Å²) in [5.41, 5.74) is 1.00. The molecule has 0 bridgehead atoms. The lowest BCUT2D eigenvalue weighted by atomic mass is 10.1. The zero-order valence-corrected chi connectivity index (χ0v) is 9.79. The highest BCUT2D eigenvalue weighted by Crippen LogP contribution is 2.21. The van der Waals surface area contributed by atoms with E-state index in [1.807, 2.05) is 25.2 Å². The molecule has 0 aromatic rings. The molecule has 1 heterocycles. The van der Waals surface area contributed by atoms with E-state index in [0.717, 1.165) is 12.1 Å². The molecule has 3 heteroatoms. The maximum Gasteiger partial charge on any atom is 0.175 e. The molecule has 0 radical (unpaired) electrons. The summed E-state index contributed by atoms with van der Waals surface area (Å²) in [6, 6.07) is 0. The van der Waals surface area contributed by atoms with Crippen LogP contribution in [0.25, 0.3) is 0 Å². The summed E-state index contributed by atoms with van der Waals surface area (Å²) in [4.78, 5) is 15.8. The van der Waals surface area contributed by atoms with E-state index in [1.165, 1.54) is 0 Å². The third-order valence-electron chi connectivity index (χ3n) is 2.42. The number of rotatable bonds is 1. The Morgan fingerprint density at radius 1 is 1.29 bits per heavy atom. The van der Waals surface area contributed by atoms with Crippen molar-refractivity contribution in [2.45, 2.75) is 26.3 Å². The molecule has 1 fully saturated rings. The second-order valence-corrected chi connectivity index (χ2v) is 5.07. The molecule has 0 aliphatic carbocycles. The van der Waals surface area contributed by atoms with E-state index in [1.54, 1.807) is 0 Å². The molecule has 0 atom stereocenters. The summed E-state index contributed by atoms with van der Waals surface area (Å²) in [6.45, 7) is 7.75. The van der Waals surface area contributed by atoms with Gasteiger partial charge in [-0.1, -0.05) is 0 Å².